The molecule has 1 aliphatic heterocycles. The molecule has 6 atom stereocenters. The molecule has 0 amide bonds. The van der Waals surface area contributed by atoms with Gasteiger partial charge in [0.05, 0.1) is 24.4 Å². The number of unbranched alkanes of at least 4 members (excludes halogenated alkanes) is 12. The van der Waals surface area contributed by atoms with E-state index in [-0.39, 0.29) is 38.1 Å². The molecule has 1 heterocycles. The third-order valence-electron chi connectivity index (χ3n) is 7.60. The molecule has 0 aromatic rings. The Morgan fingerprint density at radius 1 is 0.800 bits per heavy atom. The number of carbonyl (C=O) groups is 2. The van der Waals surface area contributed by atoms with E-state index >= 15 is 0 Å². The van der Waals surface area contributed by atoms with Gasteiger partial charge in [-0.25, -0.2) is 4.79 Å². The highest BCUT2D eigenvalue weighted by Crippen LogP contribution is 2.20. The van der Waals surface area contributed by atoms with Crippen molar-refractivity contribution < 1.29 is 39.5 Å². The Kier molecular flexibility index (Phi) is 21.1. The normalized spacial score (nSPS) is 19.1. The fourth-order valence-electron chi connectivity index (χ4n) is 5.50. The predicted molar refractivity (Wildman–Crippen MR) is 157 cm³/mol. The Morgan fingerprint density at radius 2 is 1.27 bits per heavy atom. The predicted octanol–water partition coefficient (Wildman–Crippen LogP) is 5.67. The lowest BCUT2D eigenvalue weighted by molar-refractivity contribution is -0.148. The second-order valence-corrected chi connectivity index (χ2v) is 11.8. The van der Waals surface area contributed by atoms with Crippen LogP contribution < -0.4 is 0 Å². The van der Waals surface area contributed by atoms with Gasteiger partial charge in [0.2, 0.25) is 0 Å². The summed E-state index contributed by atoms with van der Waals surface area (Å²) < 4.78 is 10.5. The summed E-state index contributed by atoms with van der Waals surface area (Å²) in [6, 6.07) is 0. The summed E-state index contributed by atoms with van der Waals surface area (Å²) >= 11 is 0. The Bertz CT molecular complexity index is 682. The zero-order valence-corrected chi connectivity index (χ0v) is 25.2. The number of carbonyl (C=O) groups excluding carboxylic acids is 2. The lowest BCUT2D eigenvalue weighted by Gasteiger charge is -2.25. The maximum absolute atomic E-state index is 11.6. The van der Waals surface area contributed by atoms with Gasteiger partial charge in [-0.3, -0.25) is 4.79 Å². The summed E-state index contributed by atoms with van der Waals surface area (Å²) in [7, 11) is 0. The van der Waals surface area contributed by atoms with Gasteiger partial charge in [0.25, 0.3) is 0 Å². The minimum atomic E-state index is -0.957. The zero-order valence-electron chi connectivity index (χ0n) is 25.2. The van der Waals surface area contributed by atoms with Crippen molar-refractivity contribution in [2.45, 2.75) is 179 Å². The number of rotatable bonds is 25. The lowest BCUT2D eigenvalue weighted by atomic mass is 9.95. The number of hydrogen-bond donors (Lipinski definition) is 4. The van der Waals surface area contributed by atoms with E-state index in [2.05, 4.69) is 6.92 Å². The van der Waals surface area contributed by atoms with E-state index in [1.807, 2.05) is 0 Å². The van der Waals surface area contributed by atoms with Crippen molar-refractivity contribution in [1.82, 2.24) is 0 Å². The molecule has 4 N–H and O–H groups in total. The van der Waals surface area contributed by atoms with E-state index in [0.29, 0.717) is 12.8 Å². The van der Waals surface area contributed by atoms with Crippen molar-refractivity contribution in [2.75, 3.05) is 0 Å². The number of aliphatic hydroxyl groups excluding tert-OH is 4. The maximum Gasteiger partial charge on any atom is 0.330 e. The van der Waals surface area contributed by atoms with Crippen molar-refractivity contribution in [3.8, 4) is 0 Å². The molecule has 1 rings (SSSR count). The Morgan fingerprint density at radius 3 is 1.77 bits per heavy atom. The molecule has 0 aromatic carbocycles. The van der Waals surface area contributed by atoms with Gasteiger partial charge in [-0.2, -0.15) is 0 Å². The first kappa shape index (κ1) is 36.5. The molecular weight excluding hydrogens is 512 g/mol. The maximum atomic E-state index is 11.6. The third-order valence-corrected chi connectivity index (χ3v) is 7.60. The fraction of sp³-hybridized carbons (Fsp3) is 0.875. The lowest BCUT2D eigenvalue weighted by Crippen LogP contribution is -2.30. The van der Waals surface area contributed by atoms with Gasteiger partial charge < -0.3 is 29.9 Å². The molecule has 0 fully saturated rings. The SMILES string of the molecule is CCCCCCCCCCCCCCC[C@H](C[C@H](O)C[C@H](O)C[C@H](O)C[C@H](O)C[C@H]1CC=CC(=O)O1)OC(C)=O. The molecule has 0 aliphatic carbocycles. The second-order valence-electron chi connectivity index (χ2n) is 11.8. The van der Waals surface area contributed by atoms with Crippen LogP contribution in [0.25, 0.3) is 0 Å². The summed E-state index contributed by atoms with van der Waals surface area (Å²) in [4.78, 5) is 22.9. The Hall–Kier alpha value is -1.48. The van der Waals surface area contributed by atoms with Crippen LogP contribution >= 0.6 is 0 Å². The van der Waals surface area contributed by atoms with Gasteiger partial charge in [0, 0.05) is 32.3 Å². The van der Waals surface area contributed by atoms with Gasteiger partial charge in [-0.05, 0) is 32.1 Å². The number of aliphatic hydroxyl groups is 4. The van der Waals surface area contributed by atoms with Gasteiger partial charge in [0.15, 0.2) is 0 Å². The highest BCUT2D eigenvalue weighted by atomic mass is 16.5. The first-order valence-electron chi connectivity index (χ1n) is 16.0. The molecule has 0 saturated carbocycles. The van der Waals surface area contributed by atoms with E-state index in [9.17, 15) is 30.0 Å². The van der Waals surface area contributed by atoms with Crippen LogP contribution in [0.1, 0.15) is 142 Å². The van der Waals surface area contributed by atoms with Gasteiger partial charge >= 0.3 is 11.9 Å². The minimum Gasteiger partial charge on any atom is -0.462 e. The van der Waals surface area contributed by atoms with Crippen LogP contribution in [-0.4, -0.2) is 69.0 Å². The summed E-state index contributed by atoms with van der Waals surface area (Å²) in [5, 5.41) is 41.4. The average Bonchev–Trinajstić information content (AvgIpc) is 2.86. The van der Waals surface area contributed by atoms with Crippen LogP contribution in [0.3, 0.4) is 0 Å². The van der Waals surface area contributed by atoms with Gasteiger partial charge in [-0.15, -0.1) is 0 Å². The smallest absolute Gasteiger partial charge is 0.330 e. The first-order valence-corrected chi connectivity index (χ1v) is 16.0. The Balaban J connectivity index is 2.18. The summed E-state index contributed by atoms with van der Waals surface area (Å²) in [6.45, 7) is 3.61. The largest absolute Gasteiger partial charge is 0.462 e. The van der Waals surface area contributed by atoms with E-state index in [0.717, 1.165) is 19.3 Å². The van der Waals surface area contributed by atoms with Crippen LogP contribution in [-0.2, 0) is 19.1 Å². The summed E-state index contributed by atoms with van der Waals surface area (Å²) in [6.07, 6.45) is 16.8. The average molecular weight is 571 g/mol. The molecule has 0 unspecified atom stereocenters. The summed E-state index contributed by atoms with van der Waals surface area (Å²) in [5.41, 5.74) is 0. The molecule has 0 saturated heterocycles. The van der Waals surface area contributed by atoms with Crippen LogP contribution in [0, 0.1) is 0 Å². The molecule has 8 heteroatoms. The molecule has 0 radical (unpaired) electrons. The number of cyclic esters (lactones) is 1. The minimum absolute atomic E-state index is 0.00949. The van der Waals surface area contributed by atoms with Crippen LogP contribution in [0.4, 0.5) is 0 Å². The van der Waals surface area contributed by atoms with Gasteiger partial charge in [0.1, 0.15) is 12.2 Å². The third kappa shape index (κ3) is 20.4. The fourth-order valence-corrected chi connectivity index (χ4v) is 5.50. The highest BCUT2D eigenvalue weighted by Gasteiger charge is 2.25. The molecule has 234 valence electrons. The van der Waals surface area contributed by atoms with E-state index < -0.39 is 42.6 Å². The van der Waals surface area contributed by atoms with Crippen molar-refractivity contribution in [2.24, 2.45) is 0 Å². The van der Waals surface area contributed by atoms with Crippen molar-refractivity contribution >= 4 is 11.9 Å². The standard InChI is InChI=1S/C32H58O8/c1-3-4-5-6-7-8-9-10-11-12-13-14-15-17-30(39-25(2)33)23-28(36)21-26(34)20-27(35)22-29(37)24-31-18-16-19-32(38)40-31/h16,19,26-31,34-37H,3-15,17-18,20-24H2,1-2H3/t26-,27+,28-,29+,30-,31-/m1/s1. The molecule has 40 heavy (non-hydrogen) atoms. The summed E-state index contributed by atoms with van der Waals surface area (Å²) in [5.74, 6) is -0.814. The highest BCUT2D eigenvalue weighted by molar-refractivity contribution is 5.82. The Labute approximate surface area is 242 Å². The quantitative estimate of drug-likeness (QED) is 0.0816. The molecular formula is C32H58O8. The number of hydrogen-bond acceptors (Lipinski definition) is 8. The van der Waals surface area contributed by atoms with E-state index in [4.69, 9.17) is 9.47 Å². The van der Waals surface area contributed by atoms with E-state index in [1.54, 1.807) is 6.08 Å². The van der Waals surface area contributed by atoms with Gasteiger partial charge in [-0.1, -0.05) is 90.0 Å². The second kappa shape index (κ2) is 23.1. The molecule has 0 aromatic heterocycles. The van der Waals surface area contributed by atoms with Crippen molar-refractivity contribution in [1.29, 1.82) is 0 Å². The van der Waals surface area contributed by atoms with Crippen molar-refractivity contribution in [3.05, 3.63) is 12.2 Å². The number of esters is 2. The number of ether oxygens (including phenoxy) is 2. The van der Waals surface area contributed by atoms with Crippen LogP contribution in [0.5, 0.6) is 0 Å². The first-order chi connectivity index (χ1) is 19.2. The molecule has 8 nitrogen and oxygen atoms in total. The zero-order chi connectivity index (χ0) is 29.6. The molecule has 1 aliphatic rings. The molecule has 0 spiro atoms. The van der Waals surface area contributed by atoms with Crippen LogP contribution in [0.15, 0.2) is 12.2 Å². The topological polar surface area (TPSA) is 134 Å². The molecule has 0 bridgehead atoms. The van der Waals surface area contributed by atoms with Crippen LogP contribution in [0.2, 0.25) is 0 Å². The van der Waals surface area contributed by atoms with Crippen molar-refractivity contribution in [3.63, 3.8) is 0 Å². The monoisotopic (exact) mass is 570 g/mol. The van der Waals surface area contributed by atoms with E-state index in [1.165, 1.54) is 77.2 Å².